The first kappa shape index (κ1) is 10.1. The number of cyclic esters (lactones) is 1. The van der Waals surface area contributed by atoms with Gasteiger partial charge in [0.1, 0.15) is 6.10 Å². The van der Waals surface area contributed by atoms with Crippen molar-refractivity contribution in [1.29, 1.82) is 0 Å². The fraction of sp³-hybridized carbons (Fsp3) is 0.625. The zero-order valence-corrected chi connectivity index (χ0v) is 9.28. The van der Waals surface area contributed by atoms with E-state index in [0.29, 0.717) is 10.4 Å². The summed E-state index contributed by atoms with van der Waals surface area (Å²) in [7, 11) is 0. The lowest BCUT2D eigenvalue weighted by molar-refractivity contribution is -0.140. The fourth-order valence-corrected chi connectivity index (χ4v) is 1.54. The molecule has 0 bridgehead atoms. The molecule has 0 amide bonds. The number of ether oxygens (including phenoxy) is 1. The Labute approximate surface area is 85.0 Å². The van der Waals surface area contributed by atoms with Gasteiger partial charge in [0.2, 0.25) is 0 Å². The van der Waals surface area contributed by atoms with Gasteiger partial charge >= 0.3 is 5.97 Å². The van der Waals surface area contributed by atoms with Crippen molar-refractivity contribution >= 4 is 33.5 Å². The molecule has 0 aromatic carbocycles. The Bertz CT molecular complexity index is 231. The van der Waals surface area contributed by atoms with Crippen molar-refractivity contribution in [1.82, 2.24) is 0 Å². The van der Waals surface area contributed by atoms with Gasteiger partial charge < -0.3 is 4.74 Å². The van der Waals surface area contributed by atoms with E-state index in [-0.39, 0.29) is 17.5 Å². The molecule has 68 valence electrons. The molecule has 1 heterocycles. The minimum atomic E-state index is -0.211. The van der Waals surface area contributed by atoms with Gasteiger partial charge in [0.15, 0.2) is 0 Å². The van der Waals surface area contributed by atoms with Gasteiger partial charge in [0, 0.05) is 5.41 Å². The van der Waals surface area contributed by atoms with Gasteiger partial charge in [-0.25, -0.2) is 0 Å². The Balaban J connectivity index is 2.78. The van der Waals surface area contributed by atoms with Crippen LogP contribution in [0.1, 0.15) is 20.3 Å². The zero-order valence-electron chi connectivity index (χ0n) is 6.93. The predicted molar refractivity (Wildman–Crippen MR) is 51.1 cm³/mol. The third-order valence-electron chi connectivity index (χ3n) is 1.91. The van der Waals surface area contributed by atoms with Gasteiger partial charge in [-0.1, -0.05) is 25.4 Å². The molecule has 2 nitrogen and oxygen atoms in total. The first-order chi connectivity index (χ1) is 5.42. The number of halogens is 2. The van der Waals surface area contributed by atoms with Crippen molar-refractivity contribution in [3.63, 3.8) is 0 Å². The smallest absolute Gasteiger partial charge is 0.307 e. The van der Waals surface area contributed by atoms with Crippen molar-refractivity contribution < 1.29 is 9.53 Å². The third-order valence-corrected chi connectivity index (χ3v) is 2.30. The Kier molecular flexibility index (Phi) is 2.84. The molecule has 1 unspecified atom stereocenters. The number of hydrogen-bond donors (Lipinski definition) is 0. The molecule has 0 radical (unpaired) electrons. The molecule has 0 spiro atoms. The van der Waals surface area contributed by atoms with Gasteiger partial charge in [-0.3, -0.25) is 4.79 Å². The highest BCUT2D eigenvalue weighted by atomic mass is 79.9. The van der Waals surface area contributed by atoms with Crippen LogP contribution >= 0.6 is 27.5 Å². The van der Waals surface area contributed by atoms with Crippen molar-refractivity contribution in [2.24, 2.45) is 5.41 Å². The van der Waals surface area contributed by atoms with Crippen LogP contribution in [-0.4, -0.2) is 12.1 Å². The molecule has 1 rings (SSSR count). The maximum Gasteiger partial charge on any atom is 0.307 e. The molecular weight excluding hydrogens is 243 g/mol. The van der Waals surface area contributed by atoms with E-state index < -0.39 is 0 Å². The zero-order chi connectivity index (χ0) is 9.35. The quantitative estimate of drug-likeness (QED) is 0.672. The summed E-state index contributed by atoms with van der Waals surface area (Å²) in [4.78, 5) is 10.9. The first-order valence-corrected chi connectivity index (χ1v) is 4.81. The van der Waals surface area contributed by atoms with Crippen LogP contribution in [0.4, 0.5) is 0 Å². The van der Waals surface area contributed by atoms with Crippen LogP contribution in [0, 0.1) is 5.41 Å². The molecule has 0 aromatic heterocycles. The first-order valence-electron chi connectivity index (χ1n) is 3.64. The van der Waals surface area contributed by atoms with E-state index in [0.717, 1.165) is 0 Å². The molecule has 0 aromatic rings. The largest absolute Gasteiger partial charge is 0.457 e. The summed E-state index contributed by atoms with van der Waals surface area (Å²) in [5, 5.41) is 0. The number of esters is 1. The molecule has 1 saturated heterocycles. The van der Waals surface area contributed by atoms with Crippen LogP contribution in [-0.2, 0) is 9.53 Å². The van der Waals surface area contributed by atoms with Crippen molar-refractivity contribution in [2.45, 2.75) is 26.4 Å². The minimum Gasteiger partial charge on any atom is -0.457 e. The van der Waals surface area contributed by atoms with Gasteiger partial charge in [-0.15, -0.1) is 0 Å². The van der Waals surface area contributed by atoms with E-state index in [1.165, 1.54) is 0 Å². The lowest BCUT2D eigenvalue weighted by atomic mass is 9.86. The molecule has 0 N–H and O–H groups in total. The van der Waals surface area contributed by atoms with Gasteiger partial charge in [-0.05, 0) is 22.0 Å². The topological polar surface area (TPSA) is 26.3 Å². The Morgan fingerprint density at radius 2 is 2.42 bits per heavy atom. The van der Waals surface area contributed by atoms with Gasteiger partial charge in [-0.2, -0.15) is 0 Å². The van der Waals surface area contributed by atoms with E-state index >= 15 is 0 Å². The van der Waals surface area contributed by atoms with Crippen LogP contribution in [0.15, 0.2) is 10.0 Å². The average molecular weight is 254 g/mol. The molecule has 1 atom stereocenters. The molecule has 0 saturated carbocycles. The van der Waals surface area contributed by atoms with E-state index in [1.54, 1.807) is 6.08 Å². The van der Waals surface area contributed by atoms with E-state index in [1.807, 2.05) is 13.8 Å². The lowest BCUT2D eigenvalue weighted by Gasteiger charge is -2.20. The van der Waals surface area contributed by atoms with Crippen LogP contribution in [0.2, 0.25) is 0 Å². The highest BCUT2D eigenvalue weighted by molar-refractivity contribution is 9.12. The van der Waals surface area contributed by atoms with Crippen LogP contribution in [0.3, 0.4) is 0 Å². The highest BCUT2D eigenvalue weighted by Crippen LogP contribution is 2.36. The van der Waals surface area contributed by atoms with E-state index in [2.05, 4.69) is 15.9 Å². The summed E-state index contributed by atoms with van der Waals surface area (Å²) in [5.74, 6) is -0.160. The highest BCUT2D eigenvalue weighted by Gasteiger charge is 2.40. The standard InChI is InChI=1S/C8H10BrClO2/c1-8(2)4-7(11)12-5(8)3-6(9)10/h3,5H,4H2,1-2H3/b6-3-. The molecule has 1 fully saturated rings. The number of rotatable bonds is 1. The minimum absolute atomic E-state index is 0.148. The summed E-state index contributed by atoms with van der Waals surface area (Å²) in [6.45, 7) is 3.96. The number of carbonyl (C=O) groups excluding carboxylic acids is 1. The second-order valence-corrected chi connectivity index (χ2v) is 5.25. The van der Waals surface area contributed by atoms with E-state index in [9.17, 15) is 4.79 Å². The molecule has 12 heavy (non-hydrogen) atoms. The fourth-order valence-electron chi connectivity index (χ4n) is 1.19. The molecule has 4 heteroatoms. The monoisotopic (exact) mass is 252 g/mol. The molecule has 1 aliphatic rings. The SMILES string of the molecule is CC1(C)CC(=O)OC1/C=C(\Cl)Br. The van der Waals surface area contributed by atoms with E-state index in [4.69, 9.17) is 16.3 Å². The maximum atomic E-state index is 10.9. The third kappa shape index (κ3) is 2.23. The van der Waals surface area contributed by atoms with Crippen molar-refractivity contribution in [3.8, 4) is 0 Å². The summed E-state index contributed by atoms with van der Waals surface area (Å²) in [6.07, 6.45) is 1.94. The summed E-state index contributed by atoms with van der Waals surface area (Å²) < 4.78 is 5.54. The molecular formula is C8H10BrClO2. The van der Waals surface area contributed by atoms with Crippen LogP contribution in [0.25, 0.3) is 0 Å². The predicted octanol–water partition coefficient (Wildman–Crippen LogP) is 2.80. The normalized spacial score (nSPS) is 28.8. The second kappa shape index (κ2) is 3.38. The van der Waals surface area contributed by atoms with Gasteiger partial charge in [0.25, 0.3) is 0 Å². The summed E-state index contributed by atoms with van der Waals surface area (Å²) in [5.41, 5.74) is -0.148. The second-order valence-electron chi connectivity index (χ2n) is 3.53. The Hall–Kier alpha value is -0.0200. The summed E-state index contributed by atoms with van der Waals surface area (Å²) >= 11 is 8.71. The van der Waals surface area contributed by atoms with Crippen LogP contribution in [0.5, 0.6) is 0 Å². The summed E-state index contributed by atoms with van der Waals surface area (Å²) in [6, 6.07) is 0. The van der Waals surface area contributed by atoms with Crippen molar-refractivity contribution in [3.05, 3.63) is 10.0 Å². The Morgan fingerprint density at radius 1 is 1.83 bits per heavy atom. The lowest BCUT2D eigenvalue weighted by Crippen LogP contribution is -2.21. The molecule has 1 aliphatic heterocycles. The number of carbonyl (C=O) groups is 1. The average Bonchev–Trinajstić information content (AvgIpc) is 2.04. The number of hydrogen-bond acceptors (Lipinski definition) is 2. The van der Waals surface area contributed by atoms with Gasteiger partial charge in [0.05, 0.1) is 10.4 Å². The molecule has 0 aliphatic carbocycles. The maximum absolute atomic E-state index is 10.9. The van der Waals surface area contributed by atoms with Crippen LogP contribution < -0.4 is 0 Å². The van der Waals surface area contributed by atoms with Crippen molar-refractivity contribution in [2.75, 3.05) is 0 Å². The Morgan fingerprint density at radius 3 is 2.75 bits per heavy atom.